The van der Waals surface area contributed by atoms with E-state index in [1.54, 1.807) is 10.7 Å². The zero-order chi connectivity index (χ0) is 14.7. The smallest absolute Gasteiger partial charge is 0.157 e. The van der Waals surface area contributed by atoms with E-state index < -0.39 is 0 Å². The molecule has 0 fully saturated rings. The molecule has 0 radical (unpaired) electrons. The molecule has 21 heavy (non-hydrogen) atoms. The molecule has 0 aliphatic rings. The molecule has 0 saturated heterocycles. The number of aliphatic hydroxyl groups excluding tert-OH is 1. The molecule has 3 rings (SSSR count). The van der Waals surface area contributed by atoms with Crippen molar-refractivity contribution in [3.8, 4) is 0 Å². The van der Waals surface area contributed by atoms with Gasteiger partial charge in [-0.1, -0.05) is 30.3 Å². The minimum Gasteiger partial charge on any atom is -0.394 e. The molecule has 1 aromatic carbocycles. The topological polar surface area (TPSA) is 62.5 Å². The normalized spacial score (nSPS) is 12.5. The van der Waals surface area contributed by atoms with Crippen LogP contribution in [0.25, 0.3) is 5.65 Å². The van der Waals surface area contributed by atoms with Gasteiger partial charge in [0.05, 0.1) is 18.8 Å². The Morgan fingerprint density at radius 2 is 2.05 bits per heavy atom. The van der Waals surface area contributed by atoms with Crippen molar-refractivity contribution in [3.63, 3.8) is 0 Å². The maximum atomic E-state index is 9.63. The van der Waals surface area contributed by atoms with Crippen LogP contribution in [0.4, 0.5) is 5.82 Å². The number of anilines is 1. The van der Waals surface area contributed by atoms with Gasteiger partial charge < -0.3 is 10.4 Å². The van der Waals surface area contributed by atoms with Gasteiger partial charge in [0.25, 0.3) is 0 Å². The van der Waals surface area contributed by atoms with Gasteiger partial charge in [0.1, 0.15) is 5.82 Å². The third-order valence-electron chi connectivity index (χ3n) is 3.38. The Hall–Kier alpha value is -2.40. The summed E-state index contributed by atoms with van der Waals surface area (Å²) in [5.41, 5.74) is 2.90. The Bertz CT molecular complexity index is 723. The van der Waals surface area contributed by atoms with E-state index in [4.69, 9.17) is 0 Å². The number of aliphatic hydroxyl groups is 1. The maximum absolute atomic E-state index is 9.63. The zero-order valence-electron chi connectivity index (χ0n) is 11.9. The van der Waals surface area contributed by atoms with Crippen molar-refractivity contribution in [3.05, 3.63) is 59.9 Å². The Morgan fingerprint density at radius 3 is 2.81 bits per heavy atom. The molecular weight excluding hydrogens is 264 g/mol. The van der Waals surface area contributed by atoms with Gasteiger partial charge in [-0.25, -0.2) is 4.98 Å². The van der Waals surface area contributed by atoms with E-state index >= 15 is 0 Å². The van der Waals surface area contributed by atoms with Crippen molar-refractivity contribution in [2.24, 2.45) is 0 Å². The second-order valence-electron chi connectivity index (χ2n) is 5.10. The number of hydrogen-bond donors (Lipinski definition) is 2. The fourth-order valence-corrected chi connectivity index (χ4v) is 2.41. The Balaban J connectivity index is 1.84. The fraction of sp³-hybridized carbons (Fsp3) is 0.250. The molecule has 2 aromatic heterocycles. The predicted molar refractivity (Wildman–Crippen MR) is 82.4 cm³/mol. The van der Waals surface area contributed by atoms with Gasteiger partial charge in [-0.3, -0.25) is 0 Å². The Labute approximate surface area is 123 Å². The third kappa shape index (κ3) is 3.03. The lowest BCUT2D eigenvalue weighted by atomic mass is 10.1. The molecule has 3 aromatic rings. The average molecular weight is 282 g/mol. The van der Waals surface area contributed by atoms with Gasteiger partial charge in [0.2, 0.25) is 0 Å². The van der Waals surface area contributed by atoms with Crippen molar-refractivity contribution < 1.29 is 5.11 Å². The van der Waals surface area contributed by atoms with Crippen molar-refractivity contribution in [1.29, 1.82) is 0 Å². The number of nitrogens with one attached hydrogen (secondary N) is 1. The molecule has 5 heteroatoms. The van der Waals surface area contributed by atoms with E-state index in [1.165, 1.54) is 5.56 Å². The van der Waals surface area contributed by atoms with Crippen LogP contribution >= 0.6 is 0 Å². The zero-order valence-corrected chi connectivity index (χ0v) is 11.9. The van der Waals surface area contributed by atoms with Gasteiger partial charge in [0, 0.05) is 17.8 Å². The highest BCUT2D eigenvalue weighted by molar-refractivity contribution is 5.49. The Kier molecular flexibility index (Phi) is 3.83. The van der Waals surface area contributed by atoms with Crippen molar-refractivity contribution >= 4 is 11.5 Å². The summed E-state index contributed by atoms with van der Waals surface area (Å²) in [5, 5.41) is 17.3. The average Bonchev–Trinajstić information content (AvgIpc) is 2.96. The molecule has 0 aliphatic carbocycles. The number of benzene rings is 1. The summed E-state index contributed by atoms with van der Waals surface area (Å²) in [5.74, 6) is 0.845. The first-order chi connectivity index (χ1) is 10.3. The standard InChI is InChI=1S/C16H18N4O/c1-12-9-16(20-15(18-12)7-8-17-20)19-14(11-21)10-13-5-3-2-4-6-13/h2-9,14,19,21H,10-11H2,1H3/t14-/m0/s1. The number of hydrogen-bond acceptors (Lipinski definition) is 4. The van der Waals surface area contributed by atoms with Crippen LogP contribution in [-0.4, -0.2) is 32.4 Å². The molecule has 108 valence electrons. The first-order valence-corrected chi connectivity index (χ1v) is 6.99. The lowest BCUT2D eigenvalue weighted by Crippen LogP contribution is -2.27. The molecular formula is C16H18N4O. The summed E-state index contributed by atoms with van der Waals surface area (Å²) in [6.45, 7) is 2.00. The number of rotatable bonds is 5. The second-order valence-corrected chi connectivity index (χ2v) is 5.10. The number of aryl methyl sites for hydroxylation is 1. The van der Waals surface area contributed by atoms with Crippen LogP contribution in [0.5, 0.6) is 0 Å². The molecule has 1 atom stereocenters. The molecule has 0 amide bonds. The molecule has 0 spiro atoms. The summed E-state index contributed by atoms with van der Waals surface area (Å²) in [6.07, 6.45) is 2.47. The highest BCUT2D eigenvalue weighted by atomic mass is 16.3. The van der Waals surface area contributed by atoms with E-state index in [0.717, 1.165) is 23.6 Å². The van der Waals surface area contributed by atoms with E-state index in [2.05, 4.69) is 27.5 Å². The van der Waals surface area contributed by atoms with Crippen LogP contribution in [0.2, 0.25) is 0 Å². The first-order valence-electron chi connectivity index (χ1n) is 6.99. The van der Waals surface area contributed by atoms with Crippen LogP contribution in [0.3, 0.4) is 0 Å². The summed E-state index contributed by atoms with van der Waals surface area (Å²) >= 11 is 0. The van der Waals surface area contributed by atoms with Crippen LogP contribution < -0.4 is 5.32 Å². The van der Waals surface area contributed by atoms with Crippen molar-refractivity contribution in [2.75, 3.05) is 11.9 Å². The number of nitrogens with zero attached hydrogens (tertiary/aromatic N) is 3. The van der Waals surface area contributed by atoms with Crippen LogP contribution in [0.15, 0.2) is 48.7 Å². The summed E-state index contributed by atoms with van der Waals surface area (Å²) in [4.78, 5) is 4.41. The van der Waals surface area contributed by atoms with Crippen LogP contribution in [0.1, 0.15) is 11.3 Å². The van der Waals surface area contributed by atoms with Gasteiger partial charge in [-0.15, -0.1) is 0 Å². The van der Waals surface area contributed by atoms with E-state index in [1.807, 2.05) is 37.3 Å². The van der Waals surface area contributed by atoms with Gasteiger partial charge in [0.15, 0.2) is 5.65 Å². The van der Waals surface area contributed by atoms with Gasteiger partial charge in [-0.2, -0.15) is 9.61 Å². The molecule has 5 nitrogen and oxygen atoms in total. The van der Waals surface area contributed by atoms with E-state index in [-0.39, 0.29) is 12.6 Å². The van der Waals surface area contributed by atoms with Gasteiger partial charge >= 0.3 is 0 Å². The van der Waals surface area contributed by atoms with E-state index in [0.29, 0.717) is 0 Å². The quantitative estimate of drug-likeness (QED) is 0.752. The maximum Gasteiger partial charge on any atom is 0.157 e. The molecule has 2 heterocycles. The molecule has 0 saturated carbocycles. The summed E-state index contributed by atoms with van der Waals surface area (Å²) in [7, 11) is 0. The lowest BCUT2D eigenvalue weighted by Gasteiger charge is -2.18. The first kappa shape index (κ1) is 13.6. The lowest BCUT2D eigenvalue weighted by molar-refractivity contribution is 0.273. The third-order valence-corrected chi connectivity index (χ3v) is 3.38. The summed E-state index contributed by atoms with van der Waals surface area (Å²) < 4.78 is 1.75. The van der Waals surface area contributed by atoms with Gasteiger partial charge in [-0.05, 0) is 18.9 Å². The monoisotopic (exact) mass is 282 g/mol. The SMILES string of the molecule is Cc1cc(N[C@H](CO)Cc2ccccc2)n2nccc2n1. The molecule has 0 bridgehead atoms. The number of aromatic nitrogens is 3. The van der Waals surface area contributed by atoms with Crippen molar-refractivity contribution in [2.45, 2.75) is 19.4 Å². The predicted octanol–water partition coefficient (Wildman–Crippen LogP) is 2.05. The molecule has 0 unspecified atom stereocenters. The fourth-order valence-electron chi connectivity index (χ4n) is 2.41. The second kappa shape index (κ2) is 5.93. The number of fused-ring (bicyclic) bond motifs is 1. The van der Waals surface area contributed by atoms with Crippen molar-refractivity contribution in [1.82, 2.24) is 14.6 Å². The molecule has 0 aliphatic heterocycles. The summed E-state index contributed by atoms with van der Waals surface area (Å²) in [6, 6.07) is 13.9. The van der Waals surface area contributed by atoms with Crippen LogP contribution in [0, 0.1) is 6.92 Å². The highest BCUT2D eigenvalue weighted by Gasteiger charge is 2.11. The van der Waals surface area contributed by atoms with E-state index in [9.17, 15) is 5.11 Å². The highest BCUT2D eigenvalue weighted by Crippen LogP contribution is 2.14. The Morgan fingerprint density at radius 1 is 1.24 bits per heavy atom. The largest absolute Gasteiger partial charge is 0.394 e. The van der Waals surface area contributed by atoms with Crippen LogP contribution in [-0.2, 0) is 6.42 Å². The minimum atomic E-state index is -0.0680. The molecule has 2 N–H and O–H groups in total. The minimum absolute atomic E-state index is 0.0546.